The summed E-state index contributed by atoms with van der Waals surface area (Å²) in [6.07, 6.45) is -0.109. The molecule has 0 bridgehead atoms. The third-order valence-corrected chi connectivity index (χ3v) is 5.60. The van der Waals surface area contributed by atoms with E-state index in [0.717, 1.165) is 11.1 Å². The van der Waals surface area contributed by atoms with Crippen LogP contribution in [0.4, 0.5) is 0 Å². The molecule has 0 aliphatic rings. The molecule has 140 valence electrons. The second-order valence-electron chi connectivity index (χ2n) is 5.85. The number of nitrogens with one attached hydrogen (secondary N) is 1. The molecule has 0 heterocycles. The standard InChI is InChI=1S/C19H23NO5S/c1-14-5-4-6-15(11-14)13-20-19(21)9-10-26(22,23)16-7-8-17(24-2)18(12-16)25-3/h4-8,11-12H,9-10,13H2,1-3H3,(H,20,21). The van der Waals surface area contributed by atoms with Crippen molar-refractivity contribution in [1.29, 1.82) is 0 Å². The van der Waals surface area contributed by atoms with Gasteiger partial charge in [0.25, 0.3) is 0 Å². The topological polar surface area (TPSA) is 81.7 Å². The van der Waals surface area contributed by atoms with Gasteiger partial charge >= 0.3 is 0 Å². The monoisotopic (exact) mass is 377 g/mol. The molecule has 2 aromatic rings. The minimum absolute atomic E-state index is 0.0987. The molecule has 2 aromatic carbocycles. The molecule has 0 aromatic heterocycles. The van der Waals surface area contributed by atoms with Gasteiger partial charge in [-0.25, -0.2) is 8.42 Å². The first-order valence-electron chi connectivity index (χ1n) is 8.13. The highest BCUT2D eigenvalue weighted by atomic mass is 32.2. The van der Waals surface area contributed by atoms with Crippen molar-refractivity contribution < 1.29 is 22.7 Å². The van der Waals surface area contributed by atoms with Crippen LogP contribution < -0.4 is 14.8 Å². The summed E-state index contributed by atoms with van der Waals surface area (Å²) in [6, 6.07) is 12.2. The summed E-state index contributed by atoms with van der Waals surface area (Å²) in [5.74, 6) is 0.192. The van der Waals surface area contributed by atoms with E-state index in [9.17, 15) is 13.2 Å². The summed E-state index contributed by atoms with van der Waals surface area (Å²) in [6.45, 7) is 2.35. The van der Waals surface area contributed by atoms with Crippen molar-refractivity contribution in [3.05, 3.63) is 53.6 Å². The van der Waals surface area contributed by atoms with E-state index >= 15 is 0 Å². The molecule has 0 radical (unpaired) electrons. The first-order chi connectivity index (χ1) is 12.4. The molecule has 7 heteroatoms. The highest BCUT2D eigenvalue weighted by Gasteiger charge is 2.18. The number of carbonyl (C=O) groups is 1. The van der Waals surface area contributed by atoms with Crippen molar-refractivity contribution in [3.63, 3.8) is 0 Å². The maximum atomic E-state index is 12.4. The van der Waals surface area contributed by atoms with E-state index in [2.05, 4.69) is 5.32 Å². The average Bonchev–Trinajstić information content (AvgIpc) is 2.64. The first-order valence-corrected chi connectivity index (χ1v) is 9.78. The van der Waals surface area contributed by atoms with Crippen LogP contribution in [-0.4, -0.2) is 34.3 Å². The van der Waals surface area contributed by atoms with E-state index in [-0.39, 0.29) is 23.0 Å². The molecule has 1 N–H and O–H groups in total. The van der Waals surface area contributed by atoms with Gasteiger partial charge in [0, 0.05) is 19.0 Å². The number of hydrogen-bond acceptors (Lipinski definition) is 5. The number of aryl methyl sites for hydroxylation is 1. The van der Waals surface area contributed by atoms with Crippen LogP contribution in [0.15, 0.2) is 47.4 Å². The highest BCUT2D eigenvalue weighted by molar-refractivity contribution is 7.91. The van der Waals surface area contributed by atoms with Gasteiger partial charge in [0.2, 0.25) is 5.91 Å². The van der Waals surface area contributed by atoms with Crippen LogP contribution in [0, 0.1) is 6.92 Å². The molecule has 0 unspecified atom stereocenters. The Morgan fingerprint density at radius 1 is 1.04 bits per heavy atom. The van der Waals surface area contributed by atoms with Crippen LogP contribution in [-0.2, 0) is 21.2 Å². The Hall–Kier alpha value is -2.54. The van der Waals surface area contributed by atoms with E-state index < -0.39 is 9.84 Å². The predicted octanol–water partition coefficient (Wildman–Crippen LogP) is 2.49. The molecule has 1 amide bonds. The summed E-state index contributed by atoms with van der Waals surface area (Å²) >= 11 is 0. The third-order valence-electron chi connectivity index (χ3n) is 3.88. The molecule has 0 fully saturated rings. The van der Waals surface area contributed by atoms with Crippen LogP contribution in [0.5, 0.6) is 11.5 Å². The normalized spacial score (nSPS) is 11.0. The van der Waals surface area contributed by atoms with Crippen molar-refractivity contribution in [2.24, 2.45) is 0 Å². The van der Waals surface area contributed by atoms with Gasteiger partial charge in [0.05, 0.1) is 24.9 Å². The molecule has 0 saturated carbocycles. The second-order valence-corrected chi connectivity index (χ2v) is 7.96. The van der Waals surface area contributed by atoms with Gasteiger partial charge in [-0.1, -0.05) is 29.8 Å². The van der Waals surface area contributed by atoms with Crippen LogP contribution in [0.2, 0.25) is 0 Å². The second kappa shape index (κ2) is 8.71. The van der Waals surface area contributed by atoms with Gasteiger partial charge in [-0.3, -0.25) is 4.79 Å². The van der Waals surface area contributed by atoms with Gasteiger partial charge < -0.3 is 14.8 Å². The van der Waals surface area contributed by atoms with Crippen molar-refractivity contribution in [2.45, 2.75) is 24.8 Å². The van der Waals surface area contributed by atoms with Gasteiger partial charge in [-0.05, 0) is 24.6 Å². The minimum atomic E-state index is -3.60. The summed E-state index contributed by atoms with van der Waals surface area (Å²) in [7, 11) is -0.685. The molecule has 0 aliphatic heterocycles. The Kier molecular flexibility index (Phi) is 6.63. The Bertz CT molecular complexity index is 877. The largest absolute Gasteiger partial charge is 0.493 e. The maximum absolute atomic E-state index is 12.4. The van der Waals surface area contributed by atoms with Crippen LogP contribution in [0.25, 0.3) is 0 Å². The zero-order valence-corrected chi connectivity index (χ0v) is 15.9. The van der Waals surface area contributed by atoms with E-state index in [4.69, 9.17) is 9.47 Å². The van der Waals surface area contributed by atoms with Crippen LogP contribution in [0.1, 0.15) is 17.5 Å². The quantitative estimate of drug-likeness (QED) is 0.764. The number of hydrogen-bond donors (Lipinski definition) is 1. The van der Waals surface area contributed by atoms with Crippen molar-refractivity contribution in [3.8, 4) is 11.5 Å². The molecule has 26 heavy (non-hydrogen) atoms. The minimum Gasteiger partial charge on any atom is -0.493 e. The number of ether oxygens (including phenoxy) is 2. The molecular formula is C19H23NO5S. The fourth-order valence-corrected chi connectivity index (χ4v) is 3.72. The zero-order chi connectivity index (χ0) is 19.2. The molecule has 2 rings (SSSR count). The predicted molar refractivity (Wildman–Crippen MR) is 99.2 cm³/mol. The summed E-state index contributed by atoms with van der Waals surface area (Å²) in [5, 5.41) is 2.74. The lowest BCUT2D eigenvalue weighted by molar-refractivity contribution is -0.120. The Morgan fingerprint density at radius 3 is 2.42 bits per heavy atom. The smallest absolute Gasteiger partial charge is 0.221 e. The molecule has 0 aliphatic carbocycles. The highest BCUT2D eigenvalue weighted by Crippen LogP contribution is 2.29. The molecule has 0 spiro atoms. The lowest BCUT2D eigenvalue weighted by atomic mass is 10.1. The first kappa shape index (κ1) is 19.8. The van der Waals surface area contributed by atoms with Gasteiger partial charge in [-0.2, -0.15) is 0 Å². The molecule has 0 atom stereocenters. The number of rotatable bonds is 8. The van der Waals surface area contributed by atoms with Gasteiger partial charge in [0.1, 0.15) is 0 Å². The number of sulfone groups is 1. The number of benzene rings is 2. The van der Waals surface area contributed by atoms with Gasteiger partial charge in [-0.15, -0.1) is 0 Å². The lowest BCUT2D eigenvalue weighted by Crippen LogP contribution is -2.25. The molecule has 0 saturated heterocycles. The Balaban J connectivity index is 1.96. The van der Waals surface area contributed by atoms with Crippen LogP contribution in [0.3, 0.4) is 0 Å². The Labute approximate surface area is 154 Å². The maximum Gasteiger partial charge on any atom is 0.221 e. The summed E-state index contributed by atoms with van der Waals surface area (Å²) in [4.78, 5) is 12.1. The number of methoxy groups -OCH3 is 2. The van der Waals surface area contributed by atoms with Gasteiger partial charge in [0.15, 0.2) is 21.3 Å². The number of amides is 1. The van der Waals surface area contributed by atoms with E-state index in [0.29, 0.717) is 18.0 Å². The summed E-state index contributed by atoms with van der Waals surface area (Å²) in [5.41, 5.74) is 2.08. The fraction of sp³-hybridized carbons (Fsp3) is 0.316. The molecular weight excluding hydrogens is 354 g/mol. The van der Waals surface area contributed by atoms with Crippen LogP contribution >= 0.6 is 0 Å². The lowest BCUT2D eigenvalue weighted by Gasteiger charge is -2.10. The Morgan fingerprint density at radius 2 is 1.77 bits per heavy atom. The fourth-order valence-electron chi connectivity index (χ4n) is 2.47. The van der Waals surface area contributed by atoms with Crippen molar-refractivity contribution in [1.82, 2.24) is 5.32 Å². The van der Waals surface area contributed by atoms with E-state index in [1.807, 2.05) is 31.2 Å². The third kappa shape index (κ3) is 5.23. The van der Waals surface area contributed by atoms with Crippen molar-refractivity contribution >= 4 is 15.7 Å². The number of carbonyl (C=O) groups excluding carboxylic acids is 1. The zero-order valence-electron chi connectivity index (χ0n) is 15.1. The average molecular weight is 377 g/mol. The molecule has 6 nitrogen and oxygen atoms in total. The van der Waals surface area contributed by atoms with E-state index in [1.54, 1.807) is 0 Å². The van der Waals surface area contributed by atoms with Crippen molar-refractivity contribution in [2.75, 3.05) is 20.0 Å². The summed E-state index contributed by atoms with van der Waals surface area (Å²) < 4.78 is 35.1. The van der Waals surface area contributed by atoms with E-state index in [1.165, 1.54) is 32.4 Å². The SMILES string of the molecule is COc1ccc(S(=O)(=O)CCC(=O)NCc2cccc(C)c2)cc1OC.